The zero-order valence-electron chi connectivity index (χ0n) is 19.8. The van der Waals surface area contributed by atoms with E-state index in [0.717, 1.165) is 60.2 Å². The van der Waals surface area contributed by atoms with E-state index in [1.165, 1.54) is 51.4 Å². The second-order valence-corrected chi connectivity index (χ2v) is 13.0. The number of rotatable bonds is 4. The fraction of sp³-hybridized carbons (Fsp3) is 0.929. The predicted molar refractivity (Wildman–Crippen MR) is 121 cm³/mol. The number of aliphatic hydroxyl groups excluding tert-OH is 1. The lowest BCUT2D eigenvalue weighted by atomic mass is 9.47. The predicted octanol–water partition coefficient (Wildman–Crippen LogP) is 7.24. The molecule has 1 nitrogen and oxygen atoms in total. The maximum atomic E-state index is 10.2. The average molecular weight is 399 g/mol. The number of allylic oxidation sites excluding steroid dienone is 1. The Bertz CT molecular complexity index is 663. The zero-order valence-corrected chi connectivity index (χ0v) is 19.8. The van der Waals surface area contributed by atoms with Gasteiger partial charge >= 0.3 is 0 Å². The van der Waals surface area contributed by atoms with Crippen molar-refractivity contribution >= 4 is 0 Å². The van der Waals surface area contributed by atoms with Gasteiger partial charge in [0.2, 0.25) is 0 Å². The summed E-state index contributed by atoms with van der Waals surface area (Å²) in [5.74, 6) is 7.62. The molecule has 29 heavy (non-hydrogen) atoms. The van der Waals surface area contributed by atoms with Gasteiger partial charge in [0, 0.05) is 0 Å². The van der Waals surface area contributed by atoms with E-state index in [9.17, 15) is 5.11 Å². The van der Waals surface area contributed by atoms with Crippen LogP contribution in [0.15, 0.2) is 11.6 Å². The standard InChI is InChI=1S/C28H46O/c1-17(2)14-19-15-23(19)18(3)24-8-9-25-22-7-6-20-16-21(29)10-12-27(20,4)26(22)11-13-28(24,25)5/h6,17-19,21-26,29H,7-16H2,1-5H3/t18-,19+,21+,22+,23-,24-,25+,26+,27+,28-/m1/s1. The van der Waals surface area contributed by atoms with E-state index < -0.39 is 0 Å². The lowest BCUT2D eigenvalue weighted by molar-refractivity contribution is -0.0584. The Morgan fingerprint density at radius 3 is 2.59 bits per heavy atom. The monoisotopic (exact) mass is 398 g/mol. The minimum absolute atomic E-state index is 0.0752. The van der Waals surface area contributed by atoms with E-state index in [2.05, 4.69) is 40.7 Å². The molecule has 4 saturated carbocycles. The van der Waals surface area contributed by atoms with Crippen molar-refractivity contribution in [2.24, 2.45) is 58.2 Å². The summed E-state index contributed by atoms with van der Waals surface area (Å²) in [6.45, 7) is 12.7. The van der Waals surface area contributed by atoms with Crippen LogP contribution in [0.1, 0.15) is 98.8 Å². The average Bonchev–Trinajstić information content (AvgIpc) is 3.32. The van der Waals surface area contributed by atoms with Crippen molar-refractivity contribution in [3.8, 4) is 0 Å². The van der Waals surface area contributed by atoms with Gasteiger partial charge in [0.1, 0.15) is 0 Å². The maximum absolute atomic E-state index is 10.2. The topological polar surface area (TPSA) is 20.2 Å². The highest BCUT2D eigenvalue weighted by Crippen LogP contribution is 2.68. The summed E-state index contributed by atoms with van der Waals surface area (Å²) in [6.07, 6.45) is 16.0. The number of hydrogen-bond acceptors (Lipinski definition) is 1. The molecule has 10 atom stereocenters. The molecule has 0 aromatic heterocycles. The van der Waals surface area contributed by atoms with Gasteiger partial charge in [0.15, 0.2) is 0 Å². The zero-order chi connectivity index (χ0) is 20.6. The molecule has 0 bridgehead atoms. The molecule has 164 valence electrons. The van der Waals surface area contributed by atoms with Crippen LogP contribution in [0.3, 0.4) is 0 Å². The number of fused-ring (bicyclic) bond motifs is 5. The summed E-state index contributed by atoms with van der Waals surface area (Å²) < 4.78 is 0. The maximum Gasteiger partial charge on any atom is 0.0577 e. The quantitative estimate of drug-likeness (QED) is 0.495. The van der Waals surface area contributed by atoms with Gasteiger partial charge in [-0.3, -0.25) is 0 Å². The summed E-state index contributed by atoms with van der Waals surface area (Å²) in [4.78, 5) is 0. The highest BCUT2D eigenvalue weighted by Gasteiger charge is 2.60. The first-order chi connectivity index (χ1) is 13.7. The molecule has 1 heteroatoms. The lowest BCUT2D eigenvalue weighted by Gasteiger charge is -2.58. The van der Waals surface area contributed by atoms with Crippen LogP contribution in [0, 0.1) is 58.2 Å². The van der Waals surface area contributed by atoms with E-state index in [4.69, 9.17) is 0 Å². The van der Waals surface area contributed by atoms with Crippen LogP contribution >= 0.6 is 0 Å². The SMILES string of the molecule is CC(C)C[C@H]1C[C@@H]1[C@@H](C)[C@H]1CC[C@H]2[C@@H]3CC=C4C[C@@H](O)CC[C@]4(C)[C@H]3CC[C@]12C. The number of hydrogen-bond donors (Lipinski definition) is 1. The second kappa shape index (κ2) is 7.11. The second-order valence-electron chi connectivity index (χ2n) is 13.0. The molecule has 5 aliphatic rings. The lowest BCUT2D eigenvalue weighted by Crippen LogP contribution is -2.50. The highest BCUT2D eigenvalue weighted by molar-refractivity contribution is 5.25. The molecule has 4 fully saturated rings. The Kier molecular flexibility index (Phi) is 5.05. The van der Waals surface area contributed by atoms with Crippen LogP contribution in [-0.2, 0) is 0 Å². The van der Waals surface area contributed by atoms with Gasteiger partial charge in [-0.25, -0.2) is 0 Å². The molecule has 0 unspecified atom stereocenters. The smallest absolute Gasteiger partial charge is 0.0577 e. The normalized spacial score (nSPS) is 52.4. The Morgan fingerprint density at radius 1 is 1.03 bits per heavy atom. The van der Waals surface area contributed by atoms with Crippen LogP contribution in [0.25, 0.3) is 0 Å². The molecular formula is C28H46O. The molecule has 0 radical (unpaired) electrons. The molecule has 0 aromatic rings. The van der Waals surface area contributed by atoms with Crippen molar-refractivity contribution in [3.05, 3.63) is 11.6 Å². The van der Waals surface area contributed by atoms with E-state index in [0.29, 0.717) is 10.8 Å². The first kappa shape index (κ1) is 20.6. The van der Waals surface area contributed by atoms with Crippen LogP contribution in [0.5, 0.6) is 0 Å². The molecule has 0 heterocycles. The molecule has 0 amide bonds. The van der Waals surface area contributed by atoms with Crippen molar-refractivity contribution in [3.63, 3.8) is 0 Å². The van der Waals surface area contributed by atoms with Gasteiger partial charge in [-0.1, -0.05) is 46.3 Å². The summed E-state index contributed by atoms with van der Waals surface area (Å²) in [5, 5.41) is 10.2. The third-order valence-corrected chi connectivity index (χ3v) is 11.2. The van der Waals surface area contributed by atoms with Gasteiger partial charge < -0.3 is 5.11 Å². The van der Waals surface area contributed by atoms with Crippen LogP contribution < -0.4 is 0 Å². The molecule has 0 spiro atoms. The van der Waals surface area contributed by atoms with E-state index in [1.54, 1.807) is 5.57 Å². The largest absolute Gasteiger partial charge is 0.393 e. The van der Waals surface area contributed by atoms with Crippen molar-refractivity contribution in [1.29, 1.82) is 0 Å². The first-order valence-electron chi connectivity index (χ1n) is 13.1. The van der Waals surface area contributed by atoms with Gasteiger partial charge in [0.25, 0.3) is 0 Å². The Hall–Kier alpha value is -0.300. The molecule has 5 aliphatic carbocycles. The molecular weight excluding hydrogens is 352 g/mol. The molecule has 0 saturated heterocycles. The van der Waals surface area contributed by atoms with Gasteiger partial charge in [-0.15, -0.1) is 0 Å². The molecule has 0 aromatic carbocycles. The van der Waals surface area contributed by atoms with Crippen LogP contribution in [0.2, 0.25) is 0 Å². The van der Waals surface area contributed by atoms with Crippen molar-refractivity contribution in [2.45, 2.75) is 105 Å². The highest BCUT2D eigenvalue weighted by atomic mass is 16.3. The minimum Gasteiger partial charge on any atom is -0.393 e. The molecule has 0 aliphatic heterocycles. The van der Waals surface area contributed by atoms with Crippen molar-refractivity contribution in [2.75, 3.05) is 0 Å². The summed E-state index contributed by atoms with van der Waals surface area (Å²) in [5.41, 5.74) is 2.62. The molecule has 5 rings (SSSR count). The summed E-state index contributed by atoms with van der Waals surface area (Å²) in [7, 11) is 0. The first-order valence-corrected chi connectivity index (χ1v) is 13.1. The van der Waals surface area contributed by atoms with E-state index in [-0.39, 0.29) is 6.10 Å². The third-order valence-electron chi connectivity index (χ3n) is 11.2. The van der Waals surface area contributed by atoms with Gasteiger partial charge in [-0.05, 0) is 122 Å². The van der Waals surface area contributed by atoms with Crippen LogP contribution in [0.4, 0.5) is 0 Å². The van der Waals surface area contributed by atoms with Crippen LogP contribution in [-0.4, -0.2) is 11.2 Å². The Labute approximate surface area is 180 Å². The number of aliphatic hydroxyl groups is 1. The van der Waals surface area contributed by atoms with E-state index in [1.807, 2.05) is 0 Å². The minimum atomic E-state index is -0.0752. The molecule has 1 N–H and O–H groups in total. The fourth-order valence-corrected chi connectivity index (χ4v) is 9.64. The fourth-order valence-electron chi connectivity index (χ4n) is 9.64. The Balaban J connectivity index is 1.34. The van der Waals surface area contributed by atoms with E-state index >= 15 is 0 Å². The summed E-state index contributed by atoms with van der Waals surface area (Å²) in [6, 6.07) is 0. The summed E-state index contributed by atoms with van der Waals surface area (Å²) >= 11 is 0. The van der Waals surface area contributed by atoms with Crippen molar-refractivity contribution < 1.29 is 5.11 Å². The Morgan fingerprint density at radius 2 is 1.83 bits per heavy atom. The third kappa shape index (κ3) is 3.19. The van der Waals surface area contributed by atoms with Crippen molar-refractivity contribution in [1.82, 2.24) is 0 Å². The van der Waals surface area contributed by atoms with Gasteiger partial charge in [-0.2, -0.15) is 0 Å². The van der Waals surface area contributed by atoms with Gasteiger partial charge in [0.05, 0.1) is 6.10 Å².